The average molecular weight is 730 g/mol. The van der Waals surface area contributed by atoms with Gasteiger partial charge in [-0.15, -0.1) is 22.7 Å². The van der Waals surface area contributed by atoms with Crippen LogP contribution in [-0.4, -0.2) is 46.2 Å². The zero-order valence-corrected chi connectivity index (χ0v) is 30.1. The van der Waals surface area contributed by atoms with Crippen molar-refractivity contribution in [3.8, 4) is 55.0 Å². The molecule has 1 aliphatic rings. The molecule has 4 heterocycles. The number of nitrogens with zero attached hydrogens (tertiary/aromatic N) is 3. The van der Waals surface area contributed by atoms with Crippen molar-refractivity contribution in [1.82, 2.24) is 4.48 Å². The third-order valence-corrected chi connectivity index (χ3v) is 11.3. The minimum atomic E-state index is -2.88. The molecule has 7 aromatic rings. The van der Waals surface area contributed by atoms with Gasteiger partial charge in [-0.2, -0.15) is 0 Å². The molecule has 0 saturated carbocycles. The summed E-state index contributed by atoms with van der Waals surface area (Å²) in [5, 5.41) is 0.727. The van der Waals surface area contributed by atoms with Crippen LogP contribution >= 0.6 is 22.7 Å². The minimum absolute atomic E-state index is 0.123. The summed E-state index contributed by atoms with van der Waals surface area (Å²) in [6, 6.07) is 34.3. The lowest BCUT2D eigenvalue weighted by Gasteiger charge is -2.10. The number of fused-ring (bicyclic) bond motifs is 2. The predicted molar refractivity (Wildman–Crippen MR) is 207 cm³/mol. The first-order chi connectivity index (χ1) is 25.4. The van der Waals surface area contributed by atoms with Gasteiger partial charge < -0.3 is 23.4 Å². The monoisotopic (exact) mass is 729 g/mol. The largest absolute Gasteiger partial charge is 0.679 e. The van der Waals surface area contributed by atoms with E-state index < -0.39 is 7.40 Å². The molecule has 0 spiro atoms. The molecule has 8 rings (SSSR count). The Morgan fingerprint density at radius 2 is 1.06 bits per heavy atom. The van der Waals surface area contributed by atoms with Crippen molar-refractivity contribution in [2.45, 2.75) is 0 Å². The number of amidine groups is 1. The number of benzene rings is 4. The number of thiophene rings is 2. The molecule has 0 amide bonds. The molecule has 4 aromatic carbocycles. The molecule has 0 radical (unpaired) electrons. The number of rotatable bonds is 10. The van der Waals surface area contributed by atoms with Crippen molar-refractivity contribution in [3.63, 3.8) is 0 Å². The fourth-order valence-electron chi connectivity index (χ4n) is 6.31. The number of hydrogen-bond donors (Lipinski definition) is 0. The van der Waals surface area contributed by atoms with E-state index in [9.17, 15) is 0 Å². The van der Waals surface area contributed by atoms with E-state index in [0.717, 1.165) is 57.7 Å². The maximum atomic E-state index is 15.4. The summed E-state index contributed by atoms with van der Waals surface area (Å²) in [6.45, 7) is 0. The summed E-state index contributed by atoms with van der Waals surface area (Å²) in [7, 11) is 3.57. The molecule has 1 aliphatic heterocycles. The maximum Gasteiger partial charge on any atom is 0.679 e. The van der Waals surface area contributed by atoms with Crippen LogP contribution in [0.3, 0.4) is 0 Å². The molecule has 0 bridgehead atoms. The van der Waals surface area contributed by atoms with Crippen LogP contribution in [0.15, 0.2) is 119 Å². The number of aliphatic imine (C=N–C) groups is 1. The van der Waals surface area contributed by atoms with Crippen molar-refractivity contribution in [2.75, 3.05) is 28.4 Å². The summed E-state index contributed by atoms with van der Waals surface area (Å²) < 4.78 is 54.9. The minimum Gasteiger partial charge on any atom is -0.497 e. The Kier molecular flexibility index (Phi) is 8.86. The summed E-state index contributed by atoms with van der Waals surface area (Å²) in [5.41, 5.74) is 5.22. The number of hydrogen-bond acceptors (Lipinski definition) is 7. The van der Waals surface area contributed by atoms with Gasteiger partial charge in [0, 0.05) is 20.9 Å². The lowest BCUT2D eigenvalue weighted by molar-refractivity contribution is 0.414. The van der Waals surface area contributed by atoms with Crippen LogP contribution in [-0.2, 0) is 0 Å². The molecule has 0 fully saturated rings. The van der Waals surface area contributed by atoms with E-state index in [4.69, 9.17) is 28.9 Å². The molecular weight excluding hydrogens is 699 g/mol. The van der Waals surface area contributed by atoms with Gasteiger partial charge in [0.2, 0.25) is 0 Å². The fraction of sp³-hybridized carbons (Fsp3) is 0.100. The summed E-state index contributed by atoms with van der Waals surface area (Å²) >= 11 is 3.02. The molecule has 258 valence electrons. The van der Waals surface area contributed by atoms with Crippen molar-refractivity contribution in [2.24, 2.45) is 9.98 Å². The van der Waals surface area contributed by atoms with Crippen LogP contribution in [0.4, 0.5) is 14.4 Å². The molecule has 0 saturated heterocycles. The van der Waals surface area contributed by atoms with E-state index in [1.54, 1.807) is 39.8 Å². The molecule has 3 aromatic heterocycles. The number of aromatic nitrogens is 1. The van der Waals surface area contributed by atoms with E-state index in [0.29, 0.717) is 38.9 Å². The third-order valence-electron chi connectivity index (χ3n) is 8.95. The van der Waals surface area contributed by atoms with Gasteiger partial charge in [0.25, 0.3) is 0 Å². The zero-order valence-electron chi connectivity index (χ0n) is 28.5. The van der Waals surface area contributed by atoms with Gasteiger partial charge in [-0.1, -0.05) is 24.3 Å². The Morgan fingerprint density at radius 3 is 1.54 bits per heavy atom. The SMILES string of the molecule is COc1ccc(C2=c3sc(-c4ccc(OC)cc4)cc3=N/C2=N\c2c(-c3ccc(OC)cc3)c3sc(-c4ccc(OC)cc4)cc3n2B(F)F)cc1. The van der Waals surface area contributed by atoms with Gasteiger partial charge in [-0.3, -0.25) is 8.63 Å². The lowest BCUT2D eigenvalue weighted by Crippen LogP contribution is -2.16. The van der Waals surface area contributed by atoms with Gasteiger partial charge in [-0.25, -0.2) is 9.98 Å². The van der Waals surface area contributed by atoms with Crippen molar-refractivity contribution >= 4 is 57.5 Å². The standard InChI is InChI=1S/C40H30BF2N3O4S2/c1-47-27-13-5-23(6-14-27)33-21-31-37(51-33)35(25-9-17-29(49-3)18-10-25)39(44-31)45-40-36(26-11-19-30(50-4)20-12-26)38-32(46(40)41(42)43)22-34(52-38)24-7-15-28(48-2)16-8-24/h5-22H,1-4H3/b45-39-. The maximum absolute atomic E-state index is 15.4. The van der Waals surface area contributed by atoms with E-state index in [1.807, 2.05) is 109 Å². The van der Waals surface area contributed by atoms with Crippen LogP contribution in [0.5, 0.6) is 23.0 Å². The molecule has 12 heteroatoms. The van der Waals surface area contributed by atoms with E-state index in [1.165, 1.54) is 11.3 Å². The fourth-order valence-corrected chi connectivity index (χ4v) is 8.69. The van der Waals surface area contributed by atoms with Gasteiger partial charge in [0.1, 0.15) is 28.8 Å². The summed E-state index contributed by atoms with van der Waals surface area (Å²) in [4.78, 5) is 11.9. The van der Waals surface area contributed by atoms with E-state index in [-0.39, 0.29) is 5.82 Å². The predicted octanol–water partition coefficient (Wildman–Crippen LogP) is 9.13. The first-order valence-corrected chi connectivity index (χ1v) is 17.9. The number of halogens is 2. The number of ether oxygens (including phenoxy) is 4. The van der Waals surface area contributed by atoms with Crippen LogP contribution in [0.1, 0.15) is 5.56 Å². The summed E-state index contributed by atoms with van der Waals surface area (Å²) in [6.07, 6.45) is 0. The Bertz CT molecular complexity index is 2580. The second kappa shape index (κ2) is 13.8. The highest BCUT2D eigenvalue weighted by Gasteiger charge is 2.31. The summed E-state index contributed by atoms with van der Waals surface area (Å²) in [5.74, 6) is 3.31. The Morgan fingerprint density at radius 1 is 0.596 bits per heavy atom. The Labute approximate surface area is 306 Å². The smallest absolute Gasteiger partial charge is 0.497 e. The zero-order chi connectivity index (χ0) is 35.9. The van der Waals surface area contributed by atoms with E-state index in [2.05, 4.69) is 0 Å². The van der Waals surface area contributed by atoms with Gasteiger partial charge in [-0.05, 0) is 107 Å². The van der Waals surface area contributed by atoms with Crippen LogP contribution in [0.2, 0.25) is 0 Å². The first-order valence-electron chi connectivity index (χ1n) is 16.2. The highest BCUT2D eigenvalue weighted by Crippen LogP contribution is 2.48. The number of methoxy groups -OCH3 is 4. The van der Waals surface area contributed by atoms with Gasteiger partial charge >= 0.3 is 7.40 Å². The first kappa shape index (κ1) is 33.4. The molecular formula is C40H30BF2N3O4S2. The lowest BCUT2D eigenvalue weighted by atomic mass is 10.1. The Hall–Kier alpha value is -5.72. The topological polar surface area (TPSA) is 66.6 Å². The van der Waals surface area contributed by atoms with Crippen LogP contribution in [0, 0.1) is 0 Å². The molecule has 52 heavy (non-hydrogen) atoms. The second-order valence-corrected chi connectivity index (χ2v) is 13.9. The van der Waals surface area contributed by atoms with Crippen LogP contribution < -0.4 is 28.8 Å². The average Bonchev–Trinajstić information content (AvgIpc) is 3.94. The molecule has 0 aliphatic carbocycles. The van der Waals surface area contributed by atoms with Crippen molar-refractivity contribution in [1.29, 1.82) is 0 Å². The normalized spacial score (nSPS) is 13.0. The molecule has 0 N–H and O–H groups in total. The van der Waals surface area contributed by atoms with Crippen molar-refractivity contribution in [3.05, 3.63) is 125 Å². The quantitative estimate of drug-likeness (QED) is 0.132. The Balaban J connectivity index is 1.36. The highest BCUT2D eigenvalue weighted by atomic mass is 32.1. The molecule has 0 unspecified atom stereocenters. The third kappa shape index (κ3) is 5.93. The van der Waals surface area contributed by atoms with Crippen LogP contribution in [0.25, 0.3) is 47.8 Å². The second-order valence-electron chi connectivity index (χ2n) is 11.8. The molecule has 7 nitrogen and oxygen atoms in total. The van der Waals surface area contributed by atoms with Crippen molar-refractivity contribution < 1.29 is 27.6 Å². The van der Waals surface area contributed by atoms with Gasteiger partial charge in [0.05, 0.1) is 48.5 Å². The van der Waals surface area contributed by atoms with Gasteiger partial charge in [0.15, 0.2) is 5.84 Å². The highest BCUT2D eigenvalue weighted by molar-refractivity contribution is 7.23. The van der Waals surface area contributed by atoms with E-state index >= 15 is 8.63 Å². The molecule has 0 atom stereocenters.